The van der Waals surface area contributed by atoms with Gasteiger partial charge >= 0.3 is 5.97 Å². The van der Waals surface area contributed by atoms with Gasteiger partial charge in [-0.2, -0.15) is 0 Å². The maximum absolute atomic E-state index is 12.4. The highest BCUT2D eigenvalue weighted by Crippen LogP contribution is 2.27. The lowest BCUT2D eigenvalue weighted by molar-refractivity contribution is -0.146. The molecule has 1 aromatic carbocycles. The van der Waals surface area contributed by atoms with E-state index in [1.165, 1.54) is 4.90 Å². The maximum atomic E-state index is 12.4. The van der Waals surface area contributed by atoms with Gasteiger partial charge in [0, 0.05) is 17.5 Å². The van der Waals surface area contributed by atoms with E-state index < -0.39 is 12.0 Å². The predicted molar refractivity (Wildman–Crippen MR) is 81.7 cm³/mol. The van der Waals surface area contributed by atoms with Gasteiger partial charge in [-0.1, -0.05) is 18.2 Å². The van der Waals surface area contributed by atoms with E-state index in [1.54, 1.807) is 18.4 Å². The number of fused-ring (bicyclic) bond motifs is 1. The second-order valence-electron chi connectivity index (χ2n) is 5.65. The first kappa shape index (κ1) is 14.4. The van der Waals surface area contributed by atoms with Crippen molar-refractivity contribution in [2.75, 3.05) is 6.54 Å². The Morgan fingerprint density at radius 2 is 2.14 bits per heavy atom. The third-order valence-electron chi connectivity index (χ3n) is 3.96. The fraction of sp³-hybridized carbons (Fsp3) is 0.294. The molecule has 0 spiro atoms. The summed E-state index contributed by atoms with van der Waals surface area (Å²) in [7, 11) is 0. The lowest BCUT2D eigenvalue weighted by Gasteiger charge is -2.21. The molecule has 0 saturated heterocycles. The summed E-state index contributed by atoms with van der Waals surface area (Å²) in [4.78, 5) is 25.0. The van der Waals surface area contributed by atoms with Crippen molar-refractivity contribution in [1.82, 2.24) is 4.90 Å². The molecule has 114 valence electrons. The average molecular weight is 299 g/mol. The van der Waals surface area contributed by atoms with E-state index >= 15 is 0 Å². The summed E-state index contributed by atoms with van der Waals surface area (Å²) in [6.45, 7) is 4.31. The van der Waals surface area contributed by atoms with Crippen molar-refractivity contribution >= 4 is 22.8 Å². The molecule has 3 rings (SSSR count). The molecule has 1 aliphatic rings. The molecule has 0 aliphatic carbocycles. The van der Waals surface area contributed by atoms with Crippen molar-refractivity contribution in [3.05, 3.63) is 47.2 Å². The van der Waals surface area contributed by atoms with Gasteiger partial charge in [0.05, 0.1) is 12.7 Å². The minimum absolute atomic E-state index is 0.141. The summed E-state index contributed by atoms with van der Waals surface area (Å²) in [6, 6.07) is 3.12. The molecule has 1 aromatic heterocycles. The number of carboxylic acid groups (broad SMARTS) is 1. The molecule has 2 aromatic rings. The van der Waals surface area contributed by atoms with Gasteiger partial charge in [0.2, 0.25) is 5.91 Å². The van der Waals surface area contributed by atoms with E-state index in [0.717, 1.165) is 27.7 Å². The lowest BCUT2D eigenvalue weighted by Crippen LogP contribution is -2.41. The number of hydrogen-bond donors (Lipinski definition) is 1. The number of amides is 1. The molecule has 0 fully saturated rings. The number of hydrogen-bond acceptors (Lipinski definition) is 3. The summed E-state index contributed by atoms with van der Waals surface area (Å²) in [5.74, 6) is -1.22. The smallest absolute Gasteiger partial charge is 0.330 e. The van der Waals surface area contributed by atoms with Gasteiger partial charge < -0.3 is 14.4 Å². The zero-order valence-corrected chi connectivity index (χ0v) is 12.5. The van der Waals surface area contributed by atoms with E-state index in [0.29, 0.717) is 6.54 Å². The Morgan fingerprint density at radius 3 is 2.86 bits per heavy atom. The highest BCUT2D eigenvalue weighted by molar-refractivity contribution is 5.92. The number of carbonyl (C=O) groups is 2. The van der Waals surface area contributed by atoms with Gasteiger partial charge in [-0.25, -0.2) is 4.79 Å². The van der Waals surface area contributed by atoms with Crippen LogP contribution in [0.1, 0.15) is 16.7 Å². The van der Waals surface area contributed by atoms with Crippen LogP contribution in [0, 0.1) is 13.8 Å². The summed E-state index contributed by atoms with van der Waals surface area (Å²) < 4.78 is 5.55. The highest BCUT2D eigenvalue weighted by atomic mass is 16.4. The topological polar surface area (TPSA) is 70.8 Å². The molecule has 1 amide bonds. The van der Waals surface area contributed by atoms with Gasteiger partial charge in [0.25, 0.3) is 0 Å². The first-order valence-corrected chi connectivity index (χ1v) is 7.13. The van der Waals surface area contributed by atoms with Crippen LogP contribution in [0.3, 0.4) is 0 Å². The van der Waals surface area contributed by atoms with Crippen LogP contribution in [0.15, 0.2) is 35.0 Å². The van der Waals surface area contributed by atoms with Crippen LogP contribution in [0.4, 0.5) is 0 Å². The van der Waals surface area contributed by atoms with Crippen LogP contribution < -0.4 is 0 Å². The number of aliphatic carboxylic acids is 1. The van der Waals surface area contributed by atoms with E-state index in [4.69, 9.17) is 9.52 Å². The van der Waals surface area contributed by atoms with Gasteiger partial charge in [0.1, 0.15) is 11.6 Å². The Kier molecular flexibility index (Phi) is 3.48. The summed E-state index contributed by atoms with van der Waals surface area (Å²) >= 11 is 0. The minimum Gasteiger partial charge on any atom is -0.479 e. The Labute approximate surface area is 127 Å². The molecule has 22 heavy (non-hydrogen) atoms. The molecule has 0 radical (unpaired) electrons. The molecular formula is C17H17NO4. The Hall–Kier alpha value is -2.56. The van der Waals surface area contributed by atoms with Crippen molar-refractivity contribution in [3.63, 3.8) is 0 Å². The number of carbonyl (C=O) groups excluding carboxylic acids is 1. The lowest BCUT2D eigenvalue weighted by atomic mass is 10.0. The molecule has 1 aliphatic heterocycles. The molecule has 2 heterocycles. The van der Waals surface area contributed by atoms with Crippen molar-refractivity contribution in [3.8, 4) is 0 Å². The average Bonchev–Trinajstić information content (AvgIpc) is 3.05. The van der Waals surface area contributed by atoms with E-state index in [-0.39, 0.29) is 12.3 Å². The molecular weight excluding hydrogens is 282 g/mol. The number of aryl methyl sites for hydroxylation is 2. The fourth-order valence-corrected chi connectivity index (χ4v) is 3.01. The van der Waals surface area contributed by atoms with E-state index in [9.17, 15) is 9.59 Å². The van der Waals surface area contributed by atoms with Crippen LogP contribution in [-0.2, 0) is 16.0 Å². The van der Waals surface area contributed by atoms with Gasteiger partial charge in [-0.05, 0) is 31.0 Å². The molecule has 1 atom stereocenters. The summed E-state index contributed by atoms with van der Waals surface area (Å²) in [6.07, 6.45) is 4.98. The molecule has 0 bridgehead atoms. The largest absolute Gasteiger partial charge is 0.479 e. The van der Waals surface area contributed by atoms with Gasteiger partial charge in [-0.3, -0.25) is 4.79 Å². The first-order chi connectivity index (χ1) is 10.5. The van der Waals surface area contributed by atoms with Gasteiger partial charge in [-0.15, -0.1) is 0 Å². The monoisotopic (exact) mass is 299 g/mol. The number of furan rings is 1. The molecule has 0 saturated carbocycles. The predicted octanol–water partition coefficient (Wildman–Crippen LogP) is 2.44. The third kappa shape index (κ3) is 2.39. The quantitative estimate of drug-likeness (QED) is 0.884. The number of benzene rings is 1. The van der Waals surface area contributed by atoms with Crippen LogP contribution in [-0.4, -0.2) is 34.5 Å². The second kappa shape index (κ2) is 5.33. The number of carboxylic acids is 1. The molecule has 5 heteroatoms. The van der Waals surface area contributed by atoms with Crippen molar-refractivity contribution < 1.29 is 19.1 Å². The van der Waals surface area contributed by atoms with Crippen molar-refractivity contribution in [1.29, 1.82) is 0 Å². The van der Waals surface area contributed by atoms with Crippen LogP contribution in [0.5, 0.6) is 0 Å². The van der Waals surface area contributed by atoms with Crippen LogP contribution >= 0.6 is 0 Å². The van der Waals surface area contributed by atoms with E-state index in [2.05, 4.69) is 0 Å². The van der Waals surface area contributed by atoms with Crippen LogP contribution in [0.2, 0.25) is 0 Å². The number of nitrogens with zero attached hydrogens (tertiary/aromatic N) is 1. The molecule has 1 N–H and O–H groups in total. The normalized spacial score (nSPS) is 17.4. The second-order valence-corrected chi connectivity index (χ2v) is 5.65. The summed E-state index contributed by atoms with van der Waals surface area (Å²) in [5, 5.41) is 10.1. The minimum atomic E-state index is -1.01. The zero-order valence-electron chi connectivity index (χ0n) is 12.5. The standard InChI is InChI=1S/C17H17NO4/c1-10-6-11(2)16-12(9-22-14(16)7-10)8-15(19)18-5-3-4-13(18)17(20)21/h3-4,6-7,9,13H,5,8H2,1-2H3,(H,20,21)/t13-/m0/s1. The van der Waals surface area contributed by atoms with Crippen molar-refractivity contribution in [2.45, 2.75) is 26.3 Å². The third-order valence-corrected chi connectivity index (χ3v) is 3.96. The SMILES string of the molecule is Cc1cc(C)c2c(CC(=O)N3CC=C[C@H]3C(=O)O)coc2c1. The molecule has 0 unspecified atom stereocenters. The van der Waals surface area contributed by atoms with E-state index in [1.807, 2.05) is 26.0 Å². The summed E-state index contributed by atoms with van der Waals surface area (Å²) in [5.41, 5.74) is 3.72. The maximum Gasteiger partial charge on any atom is 0.330 e. The number of rotatable bonds is 3. The zero-order chi connectivity index (χ0) is 15.9. The first-order valence-electron chi connectivity index (χ1n) is 7.13. The Bertz CT molecular complexity index is 787. The molecule has 5 nitrogen and oxygen atoms in total. The Morgan fingerprint density at radius 1 is 1.36 bits per heavy atom. The van der Waals surface area contributed by atoms with Crippen LogP contribution in [0.25, 0.3) is 11.0 Å². The fourth-order valence-electron chi connectivity index (χ4n) is 3.01. The Balaban J connectivity index is 1.88. The highest BCUT2D eigenvalue weighted by Gasteiger charge is 2.30. The van der Waals surface area contributed by atoms with Crippen molar-refractivity contribution in [2.24, 2.45) is 0 Å². The van der Waals surface area contributed by atoms with Gasteiger partial charge in [0.15, 0.2) is 0 Å².